The molecular weight excluding hydrogens is 308 g/mol. The maximum absolute atomic E-state index is 13.9. The van der Waals surface area contributed by atoms with Gasteiger partial charge in [0.1, 0.15) is 5.82 Å². The Labute approximate surface area is 129 Å². The van der Waals surface area contributed by atoms with Crippen molar-refractivity contribution >= 4 is 15.7 Å². The Morgan fingerprint density at radius 2 is 1.59 bits per heavy atom. The van der Waals surface area contributed by atoms with Crippen LogP contribution in [-0.2, 0) is 10.0 Å². The second-order valence-corrected chi connectivity index (χ2v) is 7.05. The van der Waals surface area contributed by atoms with Gasteiger partial charge in [0.2, 0.25) is 0 Å². The van der Waals surface area contributed by atoms with Crippen molar-refractivity contribution < 1.29 is 17.2 Å². The Kier molecular flexibility index (Phi) is 4.51. The lowest BCUT2D eigenvalue weighted by molar-refractivity contribution is 0.569. The van der Waals surface area contributed by atoms with Crippen LogP contribution in [0.3, 0.4) is 0 Å². The van der Waals surface area contributed by atoms with Crippen molar-refractivity contribution in [2.24, 2.45) is 0 Å². The first-order chi connectivity index (χ1) is 10.2. The highest BCUT2D eigenvalue weighted by molar-refractivity contribution is 7.92. The van der Waals surface area contributed by atoms with E-state index in [4.69, 9.17) is 0 Å². The van der Waals surface area contributed by atoms with Gasteiger partial charge in [0.05, 0.1) is 10.6 Å². The quantitative estimate of drug-likeness (QED) is 0.916. The highest BCUT2D eigenvalue weighted by Gasteiger charge is 2.18. The molecule has 0 saturated carbocycles. The zero-order valence-corrected chi connectivity index (χ0v) is 13.3. The topological polar surface area (TPSA) is 46.2 Å². The zero-order chi connectivity index (χ0) is 16.5. The van der Waals surface area contributed by atoms with Crippen LogP contribution in [-0.4, -0.2) is 8.42 Å². The summed E-state index contributed by atoms with van der Waals surface area (Å²) in [5.41, 5.74) is 0.505. The third-order valence-corrected chi connectivity index (χ3v) is 4.80. The second kappa shape index (κ2) is 6.04. The SMILES string of the molecule is Cc1c(F)ccc(NS(=O)(=O)c2ccc(C(C)C)cc2)c1F. The highest BCUT2D eigenvalue weighted by Crippen LogP contribution is 2.24. The number of rotatable bonds is 4. The van der Waals surface area contributed by atoms with Crippen molar-refractivity contribution in [1.82, 2.24) is 0 Å². The van der Waals surface area contributed by atoms with Gasteiger partial charge in [-0.15, -0.1) is 0 Å². The van der Waals surface area contributed by atoms with E-state index in [1.54, 1.807) is 12.1 Å². The van der Waals surface area contributed by atoms with Crippen molar-refractivity contribution in [3.05, 3.63) is 59.2 Å². The van der Waals surface area contributed by atoms with Gasteiger partial charge in [-0.05, 0) is 42.7 Å². The highest BCUT2D eigenvalue weighted by atomic mass is 32.2. The molecule has 0 amide bonds. The lowest BCUT2D eigenvalue weighted by Crippen LogP contribution is -2.14. The number of halogens is 2. The van der Waals surface area contributed by atoms with E-state index in [0.717, 1.165) is 17.7 Å². The Hall–Kier alpha value is -1.95. The molecule has 0 unspecified atom stereocenters. The fourth-order valence-electron chi connectivity index (χ4n) is 1.98. The third kappa shape index (κ3) is 3.27. The summed E-state index contributed by atoms with van der Waals surface area (Å²) in [4.78, 5) is 0.0262. The van der Waals surface area contributed by atoms with E-state index in [0.29, 0.717) is 0 Å². The van der Waals surface area contributed by atoms with Crippen molar-refractivity contribution in [2.45, 2.75) is 31.6 Å². The summed E-state index contributed by atoms with van der Waals surface area (Å²) in [6.07, 6.45) is 0. The molecule has 0 bridgehead atoms. The van der Waals surface area contributed by atoms with Crippen LogP contribution in [0.25, 0.3) is 0 Å². The third-order valence-electron chi connectivity index (χ3n) is 3.42. The van der Waals surface area contributed by atoms with Crippen LogP contribution in [0.2, 0.25) is 0 Å². The van der Waals surface area contributed by atoms with Crippen LogP contribution in [0.4, 0.5) is 14.5 Å². The summed E-state index contributed by atoms with van der Waals surface area (Å²) < 4.78 is 53.8. The van der Waals surface area contributed by atoms with Crippen LogP contribution in [0.1, 0.15) is 30.9 Å². The lowest BCUT2D eigenvalue weighted by Gasteiger charge is -2.12. The normalized spacial score (nSPS) is 11.7. The van der Waals surface area contributed by atoms with Crippen molar-refractivity contribution in [1.29, 1.82) is 0 Å². The van der Waals surface area contributed by atoms with Gasteiger partial charge in [0.25, 0.3) is 10.0 Å². The van der Waals surface area contributed by atoms with Crippen LogP contribution in [0.5, 0.6) is 0 Å². The predicted octanol–water partition coefficient (Wildman–Crippen LogP) is 4.20. The summed E-state index contributed by atoms with van der Waals surface area (Å²) in [7, 11) is -3.92. The van der Waals surface area contributed by atoms with Gasteiger partial charge >= 0.3 is 0 Å². The number of benzene rings is 2. The molecule has 0 aliphatic heterocycles. The number of hydrogen-bond acceptors (Lipinski definition) is 2. The molecule has 2 aromatic rings. The summed E-state index contributed by atoms with van der Waals surface area (Å²) in [5.74, 6) is -1.36. The number of hydrogen-bond donors (Lipinski definition) is 1. The monoisotopic (exact) mass is 325 g/mol. The molecule has 0 aromatic heterocycles. The van der Waals surface area contributed by atoms with Crippen molar-refractivity contribution in [3.8, 4) is 0 Å². The summed E-state index contributed by atoms with van der Waals surface area (Å²) in [6, 6.07) is 8.45. The molecule has 0 aliphatic rings. The Balaban J connectivity index is 2.34. The van der Waals surface area contributed by atoms with Crippen LogP contribution >= 0.6 is 0 Å². The fraction of sp³-hybridized carbons (Fsp3) is 0.250. The van der Waals surface area contributed by atoms with E-state index < -0.39 is 21.7 Å². The summed E-state index contributed by atoms with van der Waals surface area (Å²) in [6.45, 7) is 5.25. The van der Waals surface area contributed by atoms with E-state index in [-0.39, 0.29) is 22.1 Å². The molecule has 22 heavy (non-hydrogen) atoms. The van der Waals surface area contributed by atoms with Gasteiger partial charge in [-0.2, -0.15) is 0 Å². The molecule has 6 heteroatoms. The molecular formula is C16H17F2NO2S. The van der Waals surface area contributed by atoms with E-state index >= 15 is 0 Å². The zero-order valence-electron chi connectivity index (χ0n) is 12.5. The summed E-state index contributed by atoms with van der Waals surface area (Å²) >= 11 is 0. The molecule has 0 fully saturated rings. The van der Waals surface area contributed by atoms with Crippen LogP contribution in [0.15, 0.2) is 41.3 Å². The lowest BCUT2D eigenvalue weighted by atomic mass is 10.0. The van der Waals surface area contributed by atoms with Crippen molar-refractivity contribution in [3.63, 3.8) is 0 Å². The minimum Gasteiger partial charge on any atom is -0.277 e. The Morgan fingerprint density at radius 1 is 1.00 bits per heavy atom. The molecule has 0 atom stereocenters. The molecule has 0 spiro atoms. The smallest absolute Gasteiger partial charge is 0.261 e. The van der Waals surface area contributed by atoms with Gasteiger partial charge in [-0.1, -0.05) is 26.0 Å². The summed E-state index contributed by atoms with van der Waals surface area (Å²) in [5, 5.41) is 0. The minimum absolute atomic E-state index is 0.0262. The second-order valence-electron chi connectivity index (χ2n) is 5.36. The average Bonchev–Trinajstić information content (AvgIpc) is 2.48. The first-order valence-corrected chi connectivity index (χ1v) is 8.28. The molecule has 0 saturated heterocycles. The maximum Gasteiger partial charge on any atom is 0.261 e. The van der Waals surface area contributed by atoms with Gasteiger partial charge in [-0.25, -0.2) is 17.2 Å². The molecule has 3 nitrogen and oxygen atoms in total. The van der Waals surface area contributed by atoms with Gasteiger partial charge in [0, 0.05) is 5.56 Å². The van der Waals surface area contributed by atoms with Crippen LogP contribution in [0, 0.1) is 18.6 Å². The van der Waals surface area contributed by atoms with E-state index in [9.17, 15) is 17.2 Å². The van der Waals surface area contributed by atoms with Gasteiger partial charge < -0.3 is 0 Å². The average molecular weight is 325 g/mol. The molecule has 2 rings (SSSR count). The van der Waals surface area contributed by atoms with Crippen molar-refractivity contribution in [2.75, 3.05) is 4.72 Å². The van der Waals surface area contributed by atoms with E-state index in [1.165, 1.54) is 19.1 Å². The Morgan fingerprint density at radius 3 is 2.14 bits per heavy atom. The number of nitrogens with one attached hydrogen (secondary N) is 1. The molecule has 0 radical (unpaired) electrons. The molecule has 0 aliphatic carbocycles. The predicted molar refractivity (Wildman–Crippen MR) is 82.4 cm³/mol. The standard InChI is InChI=1S/C16H17F2NO2S/c1-10(2)12-4-6-13(7-5-12)22(20,21)19-15-9-8-14(17)11(3)16(15)18/h4-10,19H,1-3H3. The van der Waals surface area contributed by atoms with E-state index in [2.05, 4.69) is 4.72 Å². The minimum atomic E-state index is -3.92. The number of sulfonamides is 1. The number of anilines is 1. The molecule has 2 aromatic carbocycles. The first kappa shape index (κ1) is 16.4. The maximum atomic E-state index is 13.9. The van der Waals surface area contributed by atoms with Gasteiger partial charge in [-0.3, -0.25) is 4.72 Å². The molecule has 1 N–H and O–H groups in total. The Bertz CT molecular complexity index is 785. The largest absolute Gasteiger partial charge is 0.277 e. The fourth-order valence-corrected chi connectivity index (χ4v) is 3.04. The first-order valence-electron chi connectivity index (χ1n) is 6.79. The molecule has 118 valence electrons. The van der Waals surface area contributed by atoms with Crippen LogP contribution < -0.4 is 4.72 Å². The molecule has 0 heterocycles. The van der Waals surface area contributed by atoms with Gasteiger partial charge in [0.15, 0.2) is 5.82 Å². The van der Waals surface area contributed by atoms with E-state index in [1.807, 2.05) is 13.8 Å².